The Morgan fingerprint density at radius 1 is 1.60 bits per heavy atom. The van der Waals surface area contributed by atoms with Crippen LogP contribution in [0.25, 0.3) is 0 Å². The zero-order chi connectivity index (χ0) is 7.56. The van der Waals surface area contributed by atoms with Gasteiger partial charge in [0.15, 0.2) is 0 Å². The van der Waals surface area contributed by atoms with Gasteiger partial charge in [-0.1, -0.05) is 13.8 Å². The fourth-order valence-corrected chi connectivity index (χ4v) is 1.54. The van der Waals surface area contributed by atoms with Gasteiger partial charge in [0.2, 0.25) is 0 Å². The zero-order valence-corrected chi connectivity index (χ0v) is 6.64. The van der Waals surface area contributed by atoms with E-state index in [2.05, 4.69) is 13.8 Å². The van der Waals surface area contributed by atoms with E-state index >= 15 is 0 Å². The van der Waals surface area contributed by atoms with Gasteiger partial charge >= 0.3 is 0 Å². The van der Waals surface area contributed by atoms with Gasteiger partial charge in [0.05, 0.1) is 12.7 Å². The third kappa shape index (κ3) is 1.69. The Hall–Kier alpha value is -0.110. The maximum atomic E-state index is 12.6. The third-order valence-corrected chi connectivity index (χ3v) is 2.16. The van der Waals surface area contributed by atoms with Gasteiger partial charge in [-0.25, -0.2) is 4.39 Å². The zero-order valence-electron chi connectivity index (χ0n) is 6.64. The molecule has 0 spiro atoms. The SMILES string of the molecule is CCC1OCC(F)CC1C. The van der Waals surface area contributed by atoms with Crippen LogP contribution in [0.4, 0.5) is 4.39 Å². The minimum absolute atomic E-state index is 0.298. The lowest BCUT2D eigenvalue weighted by molar-refractivity contribution is -0.0604. The van der Waals surface area contributed by atoms with Crippen molar-refractivity contribution < 1.29 is 9.13 Å². The molecular weight excluding hydrogens is 131 g/mol. The fourth-order valence-electron chi connectivity index (χ4n) is 1.54. The van der Waals surface area contributed by atoms with E-state index in [1.807, 2.05) is 0 Å². The molecule has 0 saturated carbocycles. The molecule has 0 aliphatic carbocycles. The van der Waals surface area contributed by atoms with Gasteiger partial charge in [-0.05, 0) is 18.8 Å². The molecule has 1 fully saturated rings. The molecule has 0 aromatic rings. The molecule has 1 rings (SSSR count). The van der Waals surface area contributed by atoms with Crippen molar-refractivity contribution in [2.75, 3.05) is 6.61 Å². The molecule has 1 aliphatic heterocycles. The summed E-state index contributed by atoms with van der Waals surface area (Å²) in [4.78, 5) is 0. The number of ether oxygens (including phenoxy) is 1. The van der Waals surface area contributed by atoms with Crippen molar-refractivity contribution in [1.29, 1.82) is 0 Å². The van der Waals surface area contributed by atoms with Crippen LogP contribution >= 0.6 is 0 Å². The van der Waals surface area contributed by atoms with Gasteiger partial charge in [0, 0.05) is 0 Å². The maximum Gasteiger partial charge on any atom is 0.124 e. The lowest BCUT2D eigenvalue weighted by atomic mass is 9.94. The highest BCUT2D eigenvalue weighted by Crippen LogP contribution is 2.23. The van der Waals surface area contributed by atoms with Crippen LogP contribution in [0.1, 0.15) is 26.7 Å². The Labute approximate surface area is 61.6 Å². The highest BCUT2D eigenvalue weighted by atomic mass is 19.1. The van der Waals surface area contributed by atoms with Crippen molar-refractivity contribution in [2.24, 2.45) is 5.92 Å². The summed E-state index contributed by atoms with van der Waals surface area (Å²) in [5.41, 5.74) is 0. The minimum Gasteiger partial charge on any atom is -0.375 e. The van der Waals surface area contributed by atoms with Crippen molar-refractivity contribution in [3.63, 3.8) is 0 Å². The van der Waals surface area contributed by atoms with Crippen LogP contribution in [0.2, 0.25) is 0 Å². The van der Waals surface area contributed by atoms with Crippen molar-refractivity contribution in [3.05, 3.63) is 0 Å². The summed E-state index contributed by atoms with van der Waals surface area (Å²) in [5.74, 6) is 0.397. The second-order valence-corrected chi connectivity index (χ2v) is 3.09. The summed E-state index contributed by atoms with van der Waals surface area (Å²) in [7, 11) is 0. The minimum atomic E-state index is -0.724. The highest BCUT2D eigenvalue weighted by Gasteiger charge is 2.26. The molecule has 1 nitrogen and oxygen atoms in total. The second kappa shape index (κ2) is 3.33. The number of alkyl halides is 1. The van der Waals surface area contributed by atoms with E-state index < -0.39 is 6.17 Å². The number of rotatable bonds is 1. The van der Waals surface area contributed by atoms with Crippen molar-refractivity contribution >= 4 is 0 Å². The Balaban J connectivity index is 2.36. The third-order valence-electron chi connectivity index (χ3n) is 2.16. The number of halogens is 1. The maximum absolute atomic E-state index is 12.6. The standard InChI is InChI=1S/C8H15FO/c1-3-8-6(2)4-7(9)5-10-8/h6-8H,3-5H2,1-2H3. The first-order valence-electron chi connectivity index (χ1n) is 3.99. The fraction of sp³-hybridized carbons (Fsp3) is 1.00. The average Bonchev–Trinajstić information content (AvgIpc) is 1.88. The summed E-state index contributed by atoms with van der Waals surface area (Å²) in [6.45, 7) is 4.45. The van der Waals surface area contributed by atoms with Crippen molar-refractivity contribution in [2.45, 2.75) is 39.0 Å². The molecule has 0 aromatic heterocycles. The van der Waals surface area contributed by atoms with E-state index in [9.17, 15) is 4.39 Å². The first-order chi connectivity index (χ1) is 4.74. The van der Waals surface area contributed by atoms with E-state index in [0.717, 1.165) is 6.42 Å². The van der Waals surface area contributed by atoms with Gasteiger partial charge in [-0.3, -0.25) is 0 Å². The van der Waals surface area contributed by atoms with E-state index in [-0.39, 0.29) is 0 Å². The summed E-state index contributed by atoms with van der Waals surface area (Å²) >= 11 is 0. The molecule has 1 aliphatic rings. The van der Waals surface area contributed by atoms with Crippen molar-refractivity contribution in [1.82, 2.24) is 0 Å². The smallest absolute Gasteiger partial charge is 0.124 e. The average molecular weight is 146 g/mol. The molecule has 0 aromatic carbocycles. The predicted molar refractivity (Wildman–Crippen MR) is 38.7 cm³/mol. The molecule has 10 heavy (non-hydrogen) atoms. The molecule has 1 saturated heterocycles. The molecular formula is C8H15FO. The molecule has 3 atom stereocenters. The first-order valence-corrected chi connectivity index (χ1v) is 3.99. The van der Waals surface area contributed by atoms with E-state index in [1.165, 1.54) is 0 Å². The molecule has 0 bridgehead atoms. The largest absolute Gasteiger partial charge is 0.375 e. The molecule has 2 heteroatoms. The van der Waals surface area contributed by atoms with Crippen LogP contribution in [-0.4, -0.2) is 18.9 Å². The Kier molecular flexibility index (Phi) is 2.66. The number of hydrogen-bond acceptors (Lipinski definition) is 1. The molecule has 60 valence electrons. The van der Waals surface area contributed by atoms with E-state index in [1.54, 1.807) is 0 Å². The van der Waals surface area contributed by atoms with Gasteiger partial charge in [-0.2, -0.15) is 0 Å². The predicted octanol–water partition coefficient (Wildman–Crippen LogP) is 2.16. The van der Waals surface area contributed by atoms with E-state index in [0.29, 0.717) is 25.0 Å². The van der Waals surface area contributed by atoms with Crippen LogP contribution in [-0.2, 0) is 4.74 Å². The van der Waals surface area contributed by atoms with Crippen LogP contribution in [0.15, 0.2) is 0 Å². The second-order valence-electron chi connectivity index (χ2n) is 3.09. The Morgan fingerprint density at radius 2 is 2.30 bits per heavy atom. The Morgan fingerprint density at radius 3 is 2.80 bits per heavy atom. The normalized spacial score (nSPS) is 41.7. The van der Waals surface area contributed by atoms with Gasteiger partial charge in [-0.15, -0.1) is 0 Å². The van der Waals surface area contributed by atoms with Crippen molar-refractivity contribution in [3.8, 4) is 0 Å². The molecule has 0 radical (unpaired) electrons. The first kappa shape index (κ1) is 7.99. The summed E-state index contributed by atoms with van der Waals surface area (Å²) in [5, 5.41) is 0. The summed E-state index contributed by atoms with van der Waals surface area (Å²) < 4.78 is 17.9. The molecule has 1 heterocycles. The van der Waals surface area contributed by atoms with Gasteiger partial charge < -0.3 is 4.74 Å². The quantitative estimate of drug-likeness (QED) is 0.550. The van der Waals surface area contributed by atoms with Crippen LogP contribution in [0.3, 0.4) is 0 Å². The molecule has 3 unspecified atom stereocenters. The monoisotopic (exact) mass is 146 g/mol. The lowest BCUT2D eigenvalue weighted by Gasteiger charge is -2.30. The van der Waals surface area contributed by atoms with E-state index in [4.69, 9.17) is 4.74 Å². The lowest BCUT2D eigenvalue weighted by Crippen LogP contribution is -2.33. The highest BCUT2D eigenvalue weighted by molar-refractivity contribution is 4.74. The summed E-state index contributed by atoms with van der Waals surface area (Å²) in [6.07, 6.45) is 1.26. The number of hydrogen-bond donors (Lipinski definition) is 0. The Bertz CT molecular complexity index is 105. The van der Waals surface area contributed by atoms with Gasteiger partial charge in [0.1, 0.15) is 6.17 Å². The van der Waals surface area contributed by atoms with Crippen LogP contribution in [0.5, 0.6) is 0 Å². The molecule has 0 amide bonds. The molecule has 0 N–H and O–H groups in total. The van der Waals surface area contributed by atoms with Crippen LogP contribution < -0.4 is 0 Å². The van der Waals surface area contributed by atoms with Gasteiger partial charge in [0.25, 0.3) is 0 Å². The van der Waals surface area contributed by atoms with Crippen LogP contribution in [0, 0.1) is 5.92 Å². The topological polar surface area (TPSA) is 9.23 Å². The summed E-state index contributed by atoms with van der Waals surface area (Å²) in [6, 6.07) is 0.